The Balaban J connectivity index is 1.87. The Morgan fingerprint density at radius 2 is 1.60 bits per heavy atom. The normalized spacial score (nSPS) is 10.2. The van der Waals surface area contributed by atoms with Crippen LogP contribution in [0.2, 0.25) is 5.02 Å². The topological polar surface area (TPSA) is 49.4 Å². The van der Waals surface area contributed by atoms with Gasteiger partial charge in [0.05, 0.1) is 0 Å². The van der Waals surface area contributed by atoms with Gasteiger partial charge in [-0.2, -0.15) is 0 Å². The maximum absolute atomic E-state index is 10.4. The minimum absolute atomic E-state index is 0.0327. The predicted octanol–water partition coefficient (Wildman–Crippen LogP) is 2.60. The molecule has 3 nitrogen and oxygen atoms in total. The van der Waals surface area contributed by atoms with E-state index < -0.39 is 5.97 Å². The van der Waals surface area contributed by atoms with Crippen molar-refractivity contribution in [3.63, 3.8) is 0 Å². The average molecular weight is 290 g/mol. The third-order valence-corrected chi connectivity index (χ3v) is 3.11. The van der Waals surface area contributed by atoms with Crippen molar-refractivity contribution in [2.75, 3.05) is 0 Å². The molecule has 4 heteroatoms. The highest BCUT2D eigenvalue weighted by Crippen LogP contribution is 2.16. The van der Waals surface area contributed by atoms with Gasteiger partial charge in [0.2, 0.25) is 0 Å². The predicted molar refractivity (Wildman–Crippen MR) is 75.6 cm³/mol. The third kappa shape index (κ3) is 4.59. The summed E-state index contributed by atoms with van der Waals surface area (Å²) >= 11 is 5.81. The molecule has 0 atom stereocenters. The Labute approximate surface area is 122 Å². The number of halogens is 1. The largest absolute Gasteiger partial charge is 0.550 e. The summed E-state index contributed by atoms with van der Waals surface area (Å²) in [6, 6.07) is 14.9. The molecule has 0 unspecified atom stereocenters. The zero-order valence-corrected chi connectivity index (χ0v) is 11.6. The lowest BCUT2D eigenvalue weighted by Gasteiger charge is -2.08. The van der Waals surface area contributed by atoms with Crippen LogP contribution in [0.25, 0.3) is 0 Å². The molecular weight excluding hydrogens is 276 g/mol. The van der Waals surface area contributed by atoms with Crippen LogP contribution in [0.1, 0.15) is 17.5 Å². The van der Waals surface area contributed by atoms with E-state index in [0.717, 1.165) is 16.9 Å². The molecular formula is C16H14ClO3-. The SMILES string of the molecule is O=C([O-])CCc1ccc(OCc2ccc(Cl)cc2)cc1. The second-order valence-electron chi connectivity index (χ2n) is 4.43. The molecule has 2 aromatic rings. The average Bonchev–Trinajstić information content (AvgIpc) is 2.45. The first-order valence-electron chi connectivity index (χ1n) is 6.29. The van der Waals surface area contributed by atoms with Crippen molar-refractivity contribution in [3.8, 4) is 5.75 Å². The summed E-state index contributed by atoms with van der Waals surface area (Å²) in [5.74, 6) is -0.287. The molecule has 2 aromatic carbocycles. The summed E-state index contributed by atoms with van der Waals surface area (Å²) in [4.78, 5) is 10.4. The monoisotopic (exact) mass is 289 g/mol. The molecule has 0 N–H and O–H groups in total. The first-order chi connectivity index (χ1) is 9.63. The maximum Gasteiger partial charge on any atom is 0.119 e. The van der Waals surface area contributed by atoms with E-state index in [0.29, 0.717) is 18.1 Å². The Morgan fingerprint density at radius 1 is 1.00 bits per heavy atom. The quantitative estimate of drug-likeness (QED) is 0.821. The molecule has 0 saturated heterocycles. The van der Waals surface area contributed by atoms with E-state index in [4.69, 9.17) is 16.3 Å². The van der Waals surface area contributed by atoms with Crippen LogP contribution in [0.15, 0.2) is 48.5 Å². The van der Waals surface area contributed by atoms with Crippen LogP contribution in [-0.2, 0) is 17.8 Å². The third-order valence-electron chi connectivity index (χ3n) is 2.86. The van der Waals surface area contributed by atoms with Crippen molar-refractivity contribution in [2.45, 2.75) is 19.4 Å². The van der Waals surface area contributed by atoms with Gasteiger partial charge in [-0.1, -0.05) is 35.9 Å². The molecule has 104 valence electrons. The lowest BCUT2D eigenvalue weighted by atomic mass is 10.1. The van der Waals surface area contributed by atoms with Gasteiger partial charge in [0, 0.05) is 11.0 Å². The lowest BCUT2D eigenvalue weighted by Crippen LogP contribution is -2.22. The number of carboxylic acids is 1. The summed E-state index contributed by atoms with van der Waals surface area (Å²) in [6.45, 7) is 0.468. The van der Waals surface area contributed by atoms with Gasteiger partial charge in [0.1, 0.15) is 12.4 Å². The van der Waals surface area contributed by atoms with Crippen molar-refractivity contribution in [3.05, 3.63) is 64.7 Å². The molecule has 2 rings (SSSR count). The second kappa shape index (κ2) is 6.96. The molecule has 0 spiro atoms. The number of hydrogen-bond acceptors (Lipinski definition) is 3. The van der Waals surface area contributed by atoms with Crippen molar-refractivity contribution in [1.82, 2.24) is 0 Å². The Bertz CT molecular complexity index is 561. The number of ether oxygens (including phenoxy) is 1. The smallest absolute Gasteiger partial charge is 0.119 e. The fourth-order valence-electron chi connectivity index (χ4n) is 1.75. The maximum atomic E-state index is 10.4. The zero-order valence-electron chi connectivity index (χ0n) is 10.8. The van der Waals surface area contributed by atoms with Crippen LogP contribution in [0, 0.1) is 0 Å². The Hall–Kier alpha value is -2.00. The fraction of sp³-hybridized carbons (Fsp3) is 0.188. The van der Waals surface area contributed by atoms with Crippen molar-refractivity contribution < 1.29 is 14.6 Å². The van der Waals surface area contributed by atoms with Crippen LogP contribution < -0.4 is 9.84 Å². The summed E-state index contributed by atoms with van der Waals surface area (Å²) in [5, 5.41) is 11.1. The number of aryl methyl sites for hydroxylation is 1. The van der Waals surface area contributed by atoms with E-state index in [1.165, 1.54) is 0 Å². The number of hydrogen-bond donors (Lipinski definition) is 0. The Kier molecular flexibility index (Phi) is 5.02. The van der Waals surface area contributed by atoms with Gasteiger partial charge in [-0.05, 0) is 48.2 Å². The van der Waals surface area contributed by atoms with Crippen LogP contribution >= 0.6 is 11.6 Å². The highest BCUT2D eigenvalue weighted by Gasteiger charge is 1.98. The first kappa shape index (κ1) is 14.4. The zero-order chi connectivity index (χ0) is 14.4. The van der Waals surface area contributed by atoms with Gasteiger partial charge < -0.3 is 14.6 Å². The van der Waals surface area contributed by atoms with E-state index in [2.05, 4.69) is 0 Å². The molecule has 0 aliphatic heterocycles. The molecule has 20 heavy (non-hydrogen) atoms. The van der Waals surface area contributed by atoms with Crippen molar-refractivity contribution in [2.24, 2.45) is 0 Å². The Morgan fingerprint density at radius 3 is 2.20 bits per heavy atom. The molecule has 0 fully saturated rings. The number of carboxylic acid groups (broad SMARTS) is 1. The summed E-state index contributed by atoms with van der Waals surface area (Å²) in [6.07, 6.45) is 0.505. The molecule has 0 bridgehead atoms. The summed E-state index contributed by atoms with van der Waals surface area (Å²) in [5.41, 5.74) is 1.99. The standard InChI is InChI=1S/C16H15ClO3/c17-14-6-1-13(2-7-14)11-20-15-8-3-12(4-9-15)5-10-16(18)19/h1-4,6-9H,5,10-11H2,(H,18,19)/p-1. The van der Waals surface area contributed by atoms with E-state index in [1.54, 1.807) is 0 Å². The highest BCUT2D eigenvalue weighted by atomic mass is 35.5. The minimum atomic E-state index is -1.03. The van der Waals surface area contributed by atoms with Crippen molar-refractivity contribution >= 4 is 17.6 Å². The van der Waals surface area contributed by atoms with Gasteiger partial charge in [0.15, 0.2) is 0 Å². The number of carbonyl (C=O) groups excluding carboxylic acids is 1. The lowest BCUT2D eigenvalue weighted by molar-refractivity contribution is -0.305. The molecule has 0 aliphatic rings. The number of benzene rings is 2. The van der Waals surface area contributed by atoms with Crippen LogP contribution in [0.4, 0.5) is 0 Å². The first-order valence-corrected chi connectivity index (χ1v) is 6.67. The van der Waals surface area contributed by atoms with Crippen LogP contribution in [0.3, 0.4) is 0 Å². The van der Waals surface area contributed by atoms with Crippen LogP contribution in [0.5, 0.6) is 5.75 Å². The van der Waals surface area contributed by atoms with E-state index in [1.807, 2.05) is 48.5 Å². The molecule has 0 radical (unpaired) electrons. The molecule has 0 aromatic heterocycles. The number of rotatable bonds is 6. The molecule has 0 saturated carbocycles. The number of carbonyl (C=O) groups is 1. The van der Waals surface area contributed by atoms with Gasteiger partial charge in [-0.3, -0.25) is 0 Å². The van der Waals surface area contributed by atoms with Crippen molar-refractivity contribution in [1.29, 1.82) is 0 Å². The molecule has 0 heterocycles. The van der Waals surface area contributed by atoms with E-state index >= 15 is 0 Å². The van der Waals surface area contributed by atoms with Gasteiger partial charge in [-0.25, -0.2) is 0 Å². The number of aliphatic carboxylic acids is 1. The molecule has 0 aliphatic carbocycles. The second-order valence-corrected chi connectivity index (χ2v) is 4.87. The van der Waals surface area contributed by atoms with Gasteiger partial charge in [-0.15, -0.1) is 0 Å². The van der Waals surface area contributed by atoms with Gasteiger partial charge >= 0.3 is 0 Å². The minimum Gasteiger partial charge on any atom is -0.550 e. The summed E-state index contributed by atoms with van der Waals surface area (Å²) < 4.78 is 5.64. The molecule has 0 amide bonds. The summed E-state index contributed by atoms with van der Waals surface area (Å²) in [7, 11) is 0. The van der Waals surface area contributed by atoms with E-state index in [9.17, 15) is 9.90 Å². The van der Waals surface area contributed by atoms with E-state index in [-0.39, 0.29) is 6.42 Å². The highest BCUT2D eigenvalue weighted by molar-refractivity contribution is 6.30. The fourth-order valence-corrected chi connectivity index (χ4v) is 1.87. The van der Waals surface area contributed by atoms with Crippen LogP contribution in [-0.4, -0.2) is 5.97 Å². The van der Waals surface area contributed by atoms with Gasteiger partial charge in [0.25, 0.3) is 0 Å².